The molecule has 0 aromatic heterocycles. The zero-order valence-electron chi connectivity index (χ0n) is 30.6. The number of hydrogen-bond donors (Lipinski definition) is 0. The number of ether oxygens (including phenoxy) is 1. The lowest BCUT2D eigenvalue weighted by Gasteiger charge is -2.39. The monoisotopic (exact) mass is 670 g/mol. The first-order chi connectivity index (χ1) is 23.4. The Morgan fingerprint density at radius 3 is 1.53 bits per heavy atom. The molecule has 5 aromatic carbocycles. The van der Waals surface area contributed by atoms with E-state index < -0.39 is 7.14 Å². The number of hydrogen-bond acceptors (Lipinski definition) is 2. The van der Waals surface area contributed by atoms with Gasteiger partial charge in [0.2, 0.25) is 0 Å². The van der Waals surface area contributed by atoms with E-state index in [1.54, 1.807) is 0 Å². The summed E-state index contributed by atoms with van der Waals surface area (Å²) in [5.74, 6) is 1.69. The van der Waals surface area contributed by atoms with Crippen LogP contribution in [-0.4, -0.2) is 11.3 Å². The molecule has 256 valence electrons. The average molecular weight is 671 g/mol. The Morgan fingerprint density at radius 2 is 1.02 bits per heavy atom. The summed E-state index contributed by atoms with van der Waals surface area (Å²) < 4.78 is 23.6. The molecule has 0 radical (unpaired) electrons. The maximum atomic E-state index is 16.4. The summed E-state index contributed by atoms with van der Waals surface area (Å²) in [6.45, 7) is 13.6. The molecule has 0 heterocycles. The molecule has 0 unspecified atom stereocenters. The van der Waals surface area contributed by atoms with Gasteiger partial charge in [0.05, 0.1) is 0 Å². The fourth-order valence-electron chi connectivity index (χ4n) is 8.68. The van der Waals surface area contributed by atoms with Gasteiger partial charge in [0.25, 0.3) is 0 Å². The predicted octanol–water partition coefficient (Wildman–Crippen LogP) is 13.7. The van der Waals surface area contributed by atoms with E-state index in [0.29, 0.717) is 0 Å². The van der Waals surface area contributed by atoms with Gasteiger partial charge in [-0.15, -0.1) is 0 Å². The summed E-state index contributed by atoms with van der Waals surface area (Å²) in [7, 11) is -2.83. The topological polar surface area (TPSA) is 26.3 Å². The molecule has 3 heteroatoms. The van der Waals surface area contributed by atoms with Gasteiger partial charge in [-0.2, -0.15) is 0 Å². The van der Waals surface area contributed by atoms with Crippen LogP contribution in [0.25, 0.3) is 32.7 Å². The molecular weight excluding hydrogens is 615 g/mol. The third-order valence-electron chi connectivity index (χ3n) is 11.5. The second kappa shape index (κ2) is 13.4. The first-order valence-electron chi connectivity index (χ1n) is 18.9. The summed E-state index contributed by atoms with van der Waals surface area (Å²) in [6, 6.07) is 33.1. The first-order valence-corrected chi connectivity index (χ1v) is 20.8. The second-order valence-corrected chi connectivity index (χ2v) is 20.3. The Balaban J connectivity index is 1.53. The van der Waals surface area contributed by atoms with Crippen LogP contribution in [0.5, 0.6) is 11.5 Å². The van der Waals surface area contributed by atoms with Crippen molar-refractivity contribution in [2.24, 2.45) is 0 Å². The molecule has 2 fully saturated rings. The van der Waals surface area contributed by atoms with Crippen LogP contribution in [0.4, 0.5) is 0 Å². The summed E-state index contributed by atoms with van der Waals surface area (Å²) in [5.41, 5.74) is 5.19. The SMILES string of the molecule is CC(C)(C)c1cc(Oc2ccc3ccccc3c2-c2c(P(=O)(C3CCCCC3)C3CCCCC3)ccc3ccccc23)cc(C(C)(C)C)c1. The standard InChI is InChI=1S/C46H55O2P/c1-45(2,3)34-29-35(46(4,5)6)31-36(30-34)48-41-27-25-32-17-13-15-23-39(32)43(41)44-40-24-16-14-18-33(40)26-28-42(44)49(47,37-19-9-7-10-20-37)38-21-11-8-12-22-38/h13-18,23-31,37-38H,7-12,19-22H2,1-6H3. The molecule has 49 heavy (non-hydrogen) atoms. The molecule has 0 N–H and O–H groups in total. The zero-order chi connectivity index (χ0) is 34.4. The Hall–Kier alpha value is -3.35. The minimum atomic E-state index is -2.83. The van der Waals surface area contributed by atoms with Gasteiger partial charge in [-0.25, -0.2) is 0 Å². The van der Waals surface area contributed by atoms with Crippen molar-refractivity contribution in [3.63, 3.8) is 0 Å². The van der Waals surface area contributed by atoms with Crippen molar-refractivity contribution in [3.8, 4) is 22.6 Å². The zero-order valence-corrected chi connectivity index (χ0v) is 31.5. The molecule has 5 aromatic rings. The van der Waals surface area contributed by atoms with Gasteiger partial charge in [-0.05, 0) is 87.4 Å². The van der Waals surface area contributed by atoms with Gasteiger partial charge in [-0.1, -0.05) is 153 Å². The smallest absolute Gasteiger partial charge is 0.135 e. The molecule has 0 spiro atoms. The fraction of sp³-hybridized carbons (Fsp3) is 0.435. The van der Waals surface area contributed by atoms with Crippen LogP contribution >= 0.6 is 7.14 Å². The highest BCUT2D eigenvalue weighted by atomic mass is 31.2. The predicted molar refractivity (Wildman–Crippen MR) is 212 cm³/mol. The van der Waals surface area contributed by atoms with Crippen molar-refractivity contribution in [1.82, 2.24) is 0 Å². The van der Waals surface area contributed by atoms with E-state index in [1.165, 1.54) is 65.8 Å². The lowest BCUT2D eigenvalue weighted by atomic mass is 9.80. The third-order valence-corrected chi connectivity index (χ3v) is 15.9. The van der Waals surface area contributed by atoms with Crippen molar-refractivity contribution in [1.29, 1.82) is 0 Å². The second-order valence-electron chi connectivity index (χ2n) is 17.0. The maximum absolute atomic E-state index is 16.4. The lowest BCUT2D eigenvalue weighted by molar-refractivity contribution is 0.453. The molecule has 0 bridgehead atoms. The van der Waals surface area contributed by atoms with Crippen LogP contribution in [0.1, 0.15) is 117 Å². The van der Waals surface area contributed by atoms with Crippen molar-refractivity contribution >= 4 is 34.0 Å². The molecule has 0 aliphatic heterocycles. The highest BCUT2D eigenvalue weighted by Gasteiger charge is 2.44. The van der Waals surface area contributed by atoms with E-state index in [4.69, 9.17) is 4.74 Å². The highest BCUT2D eigenvalue weighted by Crippen LogP contribution is 2.64. The van der Waals surface area contributed by atoms with Gasteiger partial charge < -0.3 is 9.30 Å². The van der Waals surface area contributed by atoms with E-state index in [0.717, 1.165) is 59.0 Å². The van der Waals surface area contributed by atoms with Crippen LogP contribution in [0.15, 0.2) is 91.0 Å². The number of benzene rings is 5. The summed E-state index contributed by atoms with van der Waals surface area (Å²) in [5, 5.41) is 5.79. The summed E-state index contributed by atoms with van der Waals surface area (Å²) in [6.07, 6.45) is 11.6. The minimum Gasteiger partial charge on any atom is -0.457 e. The Morgan fingerprint density at radius 1 is 0.551 bits per heavy atom. The Bertz CT molecular complexity index is 1960. The van der Waals surface area contributed by atoms with Crippen LogP contribution in [0, 0.1) is 0 Å². The Labute approximate surface area is 295 Å². The van der Waals surface area contributed by atoms with Crippen LogP contribution in [0.3, 0.4) is 0 Å². The van der Waals surface area contributed by atoms with Crippen LogP contribution in [0.2, 0.25) is 0 Å². The van der Waals surface area contributed by atoms with E-state index in [2.05, 4.69) is 133 Å². The van der Waals surface area contributed by atoms with E-state index >= 15 is 4.57 Å². The van der Waals surface area contributed by atoms with Gasteiger partial charge in [0.1, 0.15) is 18.6 Å². The fourth-order valence-corrected chi connectivity index (χ4v) is 13.2. The molecule has 0 atom stereocenters. The van der Waals surface area contributed by atoms with E-state index in [1.807, 2.05) is 0 Å². The Kier molecular flexibility index (Phi) is 9.34. The molecule has 2 saturated carbocycles. The van der Waals surface area contributed by atoms with Crippen molar-refractivity contribution in [2.75, 3.05) is 0 Å². The van der Waals surface area contributed by atoms with Gasteiger partial charge in [0, 0.05) is 27.7 Å². The lowest BCUT2D eigenvalue weighted by Crippen LogP contribution is -2.30. The summed E-state index contributed by atoms with van der Waals surface area (Å²) >= 11 is 0. The molecule has 2 nitrogen and oxygen atoms in total. The van der Waals surface area contributed by atoms with Crippen LogP contribution < -0.4 is 10.0 Å². The molecular formula is C46H55O2P. The van der Waals surface area contributed by atoms with Gasteiger partial charge in [-0.3, -0.25) is 0 Å². The van der Waals surface area contributed by atoms with Gasteiger partial charge >= 0.3 is 0 Å². The molecule has 7 rings (SSSR count). The van der Waals surface area contributed by atoms with E-state index in [-0.39, 0.29) is 22.1 Å². The summed E-state index contributed by atoms with van der Waals surface area (Å²) in [4.78, 5) is 0. The molecule has 2 aliphatic carbocycles. The van der Waals surface area contributed by atoms with Gasteiger partial charge in [0.15, 0.2) is 0 Å². The number of rotatable bonds is 6. The molecule has 0 amide bonds. The first kappa shape index (κ1) is 34.1. The van der Waals surface area contributed by atoms with Crippen LogP contribution in [-0.2, 0) is 15.4 Å². The molecule has 2 aliphatic rings. The van der Waals surface area contributed by atoms with E-state index in [9.17, 15) is 0 Å². The largest absolute Gasteiger partial charge is 0.457 e. The quantitative estimate of drug-likeness (QED) is 0.168. The normalized spacial score (nSPS) is 17.1. The van der Waals surface area contributed by atoms with Crippen molar-refractivity contribution < 1.29 is 9.30 Å². The maximum Gasteiger partial charge on any atom is 0.135 e. The van der Waals surface area contributed by atoms with Crippen molar-refractivity contribution in [3.05, 3.63) is 102 Å². The average Bonchev–Trinajstić information content (AvgIpc) is 3.11. The molecule has 0 saturated heterocycles. The highest BCUT2D eigenvalue weighted by molar-refractivity contribution is 7.73. The minimum absolute atomic E-state index is 0.0268. The third kappa shape index (κ3) is 6.63. The number of fused-ring (bicyclic) bond motifs is 2. The van der Waals surface area contributed by atoms with Crippen molar-refractivity contribution in [2.45, 2.75) is 128 Å².